The highest BCUT2D eigenvalue weighted by atomic mass is 16.2. The van der Waals surface area contributed by atoms with Crippen LogP contribution >= 0.6 is 0 Å². The number of carbonyl (C=O) groups is 1. The lowest BCUT2D eigenvalue weighted by Crippen LogP contribution is -2.41. The Bertz CT molecular complexity index is 395. The van der Waals surface area contributed by atoms with Crippen LogP contribution < -0.4 is 11.1 Å². The van der Waals surface area contributed by atoms with E-state index in [0.29, 0.717) is 12.6 Å². The lowest BCUT2D eigenvalue weighted by Gasteiger charge is -2.29. The summed E-state index contributed by atoms with van der Waals surface area (Å²) in [5.74, 6) is 0.0100. The predicted octanol–water partition coefficient (Wildman–Crippen LogP) is 2.07. The summed E-state index contributed by atoms with van der Waals surface area (Å²) in [7, 11) is 0. The van der Waals surface area contributed by atoms with Gasteiger partial charge in [0.25, 0.3) is 5.91 Å². The van der Waals surface area contributed by atoms with E-state index in [1.54, 1.807) is 0 Å². The first-order valence-corrected chi connectivity index (χ1v) is 6.94. The molecule has 1 aliphatic rings. The van der Waals surface area contributed by atoms with Gasteiger partial charge in [0.05, 0.1) is 0 Å². The fourth-order valence-electron chi connectivity index (χ4n) is 2.43. The molecule has 0 bridgehead atoms. The van der Waals surface area contributed by atoms with E-state index in [0.717, 1.165) is 18.5 Å². The number of nitrogens with zero attached hydrogens (tertiary/aromatic N) is 1. The number of aromatic nitrogens is 1. The Balaban J connectivity index is 2.01. The Morgan fingerprint density at radius 2 is 2.39 bits per heavy atom. The summed E-state index contributed by atoms with van der Waals surface area (Å²) >= 11 is 0. The molecule has 0 aromatic carbocycles. The molecule has 1 aromatic rings. The maximum Gasteiger partial charge on any atom is 0.268 e. The summed E-state index contributed by atoms with van der Waals surface area (Å²) in [5.41, 5.74) is 6.45. The Morgan fingerprint density at radius 1 is 1.61 bits per heavy atom. The average molecular weight is 249 g/mol. The zero-order valence-electron chi connectivity index (χ0n) is 11.1. The number of carbonyl (C=O) groups excluding carboxylic acids is 1. The molecule has 1 fully saturated rings. The lowest BCUT2D eigenvalue weighted by atomic mass is 9.93. The van der Waals surface area contributed by atoms with Gasteiger partial charge in [-0.2, -0.15) is 0 Å². The second-order valence-corrected chi connectivity index (χ2v) is 5.08. The van der Waals surface area contributed by atoms with Crippen molar-refractivity contribution in [2.24, 2.45) is 5.73 Å². The number of hydrogen-bond donors (Lipinski definition) is 2. The summed E-state index contributed by atoms with van der Waals surface area (Å²) in [4.78, 5) is 12.2. The molecule has 1 heterocycles. The van der Waals surface area contributed by atoms with Gasteiger partial charge in [0.1, 0.15) is 5.69 Å². The van der Waals surface area contributed by atoms with Crippen LogP contribution in [0.1, 0.15) is 55.6 Å². The van der Waals surface area contributed by atoms with E-state index in [9.17, 15) is 4.79 Å². The molecule has 1 saturated carbocycles. The first kappa shape index (κ1) is 13.1. The van der Waals surface area contributed by atoms with Crippen molar-refractivity contribution in [3.8, 4) is 0 Å². The topological polar surface area (TPSA) is 60.0 Å². The molecular weight excluding hydrogens is 226 g/mol. The molecule has 2 rings (SSSR count). The summed E-state index contributed by atoms with van der Waals surface area (Å²) in [6, 6.07) is 4.45. The van der Waals surface area contributed by atoms with Gasteiger partial charge in [-0.15, -0.1) is 0 Å². The van der Waals surface area contributed by atoms with Crippen molar-refractivity contribution in [2.75, 3.05) is 6.54 Å². The van der Waals surface area contributed by atoms with Gasteiger partial charge in [-0.3, -0.25) is 4.79 Å². The van der Waals surface area contributed by atoms with Crippen molar-refractivity contribution in [2.45, 2.75) is 51.1 Å². The second kappa shape index (κ2) is 6.05. The standard InChI is InChI=1S/C14H23N3O/c1-2-5-11(10-15)16-14(18)13-8-4-9-17(13)12-6-3-7-12/h4,8-9,11-12H,2-3,5-7,10,15H2,1H3,(H,16,18). The van der Waals surface area contributed by atoms with Crippen LogP contribution in [0.25, 0.3) is 0 Å². The van der Waals surface area contributed by atoms with Gasteiger partial charge < -0.3 is 15.6 Å². The zero-order valence-corrected chi connectivity index (χ0v) is 11.1. The number of hydrogen-bond acceptors (Lipinski definition) is 2. The van der Waals surface area contributed by atoms with Gasteiger partial charge in [0.15, 0.2) is 0 Å². The van der Waals surface area contributed by atoms with E-state index in [1.807, 2.05) is 18.3 Å². The van der Waals surface area contributed by atoms with Crippen molar-refractivity contribution < 1.29 is 4.79 Å². The molecule has 1 aromatic heterocycles. The van der Waals surface area contributed by atoms with Crippen molar-refractivity contribution in [3.05, 3.63) is 24.0 Å². The molecule has 0 aliphatic heterocycles. The largest absolute Gasteiger partial charge is 0.347 e. The fourth-order valence-corrected chi connectivity index (χ4v) is 2.43. The number of nitrogens with two attached hydrogens (primary N) is 1. The van der Waals surface area contributed by atoms with Crippen LogP contribution in [0.15, 0.2) is 18.3 Å². The van der Waals surface area contributed by atoms with E-state index >= 15 is 0 Å². The first-order valence-electron chi connectivity index (χ1n) is 6.94. The van der Waals surface area contributed by atoms with Crippen LogP contribution in [0.2, 0.25) is 0 Å². The SMILES string of the molecule is CCCC(CN)NC(=O)c1cccn1C1CCC1. The van der Waals surface area contributed by atoms with Crippen LogP contribution in [0.3, 0.4) is 0 Å². The normalized spacial score (nSPS) is 17.2. The molecule has 1 amide bonds. The third kappa shape index (κ3) is 2.75. The van der Waals surface area contributed by atoms with Crippen molar-refractivity contribution >= 4 is 5.91 Å². The van der Waals surface area contributed by atoms with E-state index in [4.69, 9.17) is 5.73 Å². The molecule has 4 nitrogen and oxygen atoms in total. The lowest BCUT2D eigenvalue weighted by molar-refractivity contribution is 0.0921. The highest BCUT2D eigenvalue weighted by Gasteiger charge is 2.23. The third-order valence-electron chi connectivity index (χ3n) is 3.74. The van der Waals surface area contributed by atoms with Crippen LogP contribution in [-0.2, 0) is 0 Å². The van der Waals surface area contributed by atoms with Gasteiger partial charge >= 0.3 is 0 Å². The van der Waals surface area contributed by atoms with Crippen molar-refractivity contribution in [1.29, 1.82) is 0 Å². The summed E-state index contributed by atoms with van der Waals surface area (Å²) in [6.07, 6.45) is 7.62. The second-order valence-electron chi connectivity index (χ2n) is 5.08. The summed E-state index contributed by atoms with van der Waals surface area (Å²) < 4.78 is 2.11. The summed E-state index contributed by atoms with van der Waals surface area (Å²) in [5, 5.41) is 3.03. The van der Waals surface area contributed by atoms with Crippen LogP contribution in [0.5, 0.6) is 0 Å². The molecule has 4 heteroatoms. The molecule has 0 saturated heterocycles. The van der Waals surface area contributed by atoms with Gasteiger partial charge in [0, 0.05) is 24.8 Å². The molecule has 1 unspecified atom stereocenters. The minimum Gasteiger partial charge on any atom is -0.347 e. The minimum absolute atomic E-state index is 0.0100. The molecule has 3 N–H and O–H groups in total. The Labute approximate surface area is 109 Å². The Kier molecular flexibility index (Phi) is 4.42. The number of amides is 1. The highest BCUT2D eigenvalue weighted by molar-refractivity contribution is 5.93. The van der Waals surface area contributed by atoms with Gasteiger partial charge in [-0.05, 0) is 37.8 Å². The molecule has 1 aliphatic carbocycles. The molecule has 18 heavy (non-hydrogen) atoms. The smallest absolute Gasteiger partial charge is 0.268 e. The Morgan fingerprint density at radius 3 is 2.94 bits per heavy atom. The number of rotatable bonds is 6. The highest BCUT2D eigenvalue weighted by Crippen LogP contribution is 2.32. The van der Waals surface area contributed by atoms with Crippen LogP contribution in [0.4, 0.5) is 0 Å². The van der Waals surface area contributed by atoms with Gasteiger partial charge in [-0.1, -0.05) is 13.3 Å². The van der Waals surface area contributed by atoms with Crippen molar-refractivity contribution in [3.63, 3.8) is 0 Å². The van der Waals surface area contributed by atoms with E-state index < -0.39 is 0 Å². The average Bonchev–Trinajstić information content (AvgIpc) is 2.75. The maximum atomic E-state index is 12.2. The zero-order chi connectivity index (χ0) is 13.0. The monoisotopic (exact) mass is 249 g/mol. The van der Waals surface area contributed by atoms with Crippen LogP contribution in [0, 0.1) is 0 Å². The van der Waals surface area contributed by atoms with E-state index in [-0.39, 0.29) is 11.9 Å². The Hall–Kier alpha value is -1.29. The molecule has 100 valence electrons. The van der Waals surface area contributed by atoms with E-state index in [2.05, 4.69) is 16.8 Å². The molecular formula is C14H23N3O. The molecule has 0 radical (unpaired) electrons. The molecule has 0 spiro atoms. The van der Waals surface area contributed by atoms with Crippen LogP contribution in [-0.4, -0.2) is 23.1 Å². The number of nitrogens with one attached hydrogen (secondary N) is 1. The fraction of sp³-hybridized carbons (Fsp3) is 0.643. The van der Waals surface area contributed by atoms with Crippen molar-refractivity contribution in [1.82, 2.24) is 9.88 Å². The van der Waals surface area contributed by atoms with E-state index in [1.165, 1.54) is 19.3 Å². The van der Waals surface area contributed by atoms with Gasteiger partial charge in [0.2, 0.25) is 0 Å². The quantitative estimate of drug-likeness (QED) is 0.810. The predicted molar refractivity (Wildman–Crippen MR) is 72.5 cm³/mol. The summed E-state index contributed by atoms with van der Waals surface area (Å²) in [6.45, 7) is 2.61. The molecule has 1 atom stereocenters. The van der Waals surface area contributed by atoms with Gasteiger partial charge in [-0.25, -0.2) is 0 Å². The first-order chi connectivity index (χ1) is 8.76. The maximum absolute atomic E-state index is 12.2. The third-order valence-corrected chi connectivity index (χ3v) is 3.74. The minimum atomic E-state index is 0.0100.